The van der Waals surface area contributed by atoms with Crippen molar-refractivity contribution in [3.05, 3.63) is 267 Å². The van der Waals surface area contributed by atoms with Gasteiger partial charge in [0.05, 0.1) is 22.1 Å². The first-order valence-corrected chi connectivity index (χ1v) is 26.1. The van der Waals surface area contributed by atoms with Crippen LogP contribution < -0.4 is 20.7 Å². The molecule has 0 amide bonds. The number of para-hydroxylation sites is 3. The molecular formula is C66H44N2OSi. The lowest BCUT2D eigenvalue weighted by molar-refractivity contribution is 0.670. The van der Waals surface area contributed by atoms with Crippen molar-refractivity contribution in [2.24, 2.45) is 0 Å². The first kappa shape index (κ1) is 40.1. The maximum Gasteiger partial charge on any atom is 0.179 e. The summed E-state index contributed by atoms with van der Waals surface area (Å²) >= 11 is 0. The predicted molar refractivity (Wildman–Crippen MR) is 297 cm³/mol. The molecule has 14 rings (SSSR count). The van der Waals surface area contributed by atoms with E-state index >= 15 is 0 Å². The molecule has 0 bridgehead atoms. The van der Waals surface area contributed by atoms with Crippen LogP contribution >= 0.6 is 0 Å². The van der Waals surface area contributed by atoms with Crippen molar-refractivity contribution in [1.82, 2.24) is 9.13 Å². The largest absolute Gasteiger partial charge is 0.455 e. The number of hydrogen-bond acceptors (Lipinski definition) is 1. The highest BCUT2D eigenvalue weighted by molar-refractivity contribution is 7.19. The first-order chi connectivity index (χ1) is 34.7. The summed E-state index contributed by atoms with van der Waals surface area (Å²) < 4.78 is 11.5. The number of benzene rings is 11. The molecule has 3 aromatic heterocycles. The van der Waals surface area contributed by atoms with Gasteiger partial charge in [-0.2, -0.15) is 0 Å². The van der Waals surface area contributed by atoms with Crippen LogP contribution in [0.2, 0.25) is 0 Å². The van der Waals surface area contributed by atoms with Crippen LogP contribution in [0.3, 0.4) is 0 Å². The number of rotatable bonds is 8. The lowest BCUT2D eigenvalue weighted by Gasteiger charge is -2.34. The number of furan rings is 1. The fourth-order valence-electron chi connectivity index (χ4n) is 11.6. The zero-order valence-corrected chi connectivity index (χ0v) is 39.2. The van der Waals surface area contributed by atoms with Crippen LogP contribution in [0.1, 0.15) is 0 Å². The Balaban J connectivity index is 0.974. The number of aromatic nitrogens is 2. The van der Waals surface area contributed by atoms with E-state index in [-0.39, 0.29) is 0 Å². The highest BCUT2D eigenvalue weighted by atomic mass is 28.3. The lowest BCUT2D eigenvalue weighted by Crippen LogP contribution is -2.74. The van der Waals surface area contributed by atoms with Gasteiger partial charge in [-0.3, -0.25) is 0 Å². The Morgan fingerprint density at radius 2 is 0.743 bits per heavy atom. The van der Waals surface area contributed by atoms with E-state index in [0.29, 0.717) is 0 Å². The third-order valence-electron chi connectivity index (χ3n) is 14.7. The molecule has 0 saturated heterocycles. The van der Waals surface area contributed by atoms with Crippen LogP contribution in [-0.2, 0) is 0 Å². The van der Waals surface area contributed by atoms with Gasteiger partial charge < -0.3 is 13.6 Å². The van der Waals surface area contributed by atoms with Crippen molar-refractivity contribution in [3.8, 4) is 33.6 Å². The van der Waals surface area contributed by atoms with E-state index in [1.807, 2.05) is 6.07 Å². The van der Waals surface area contributed by atoms with Crippen LogP contribution in [0.15, 0.2) is 271 Å². The minimum atomic E-state index is -2.77. The second kappa shape index (κ2) is 16.1. The molecule has 0 saturated carbocycles. The summed E-state index contributed by atoms with van der Waals surface area (Å²) in [7, 11) is -2.77. The summed E-state index contributed by atoms with van der Waals surface area (Å²) in [5.74, 6) is 0. The van der Waals surface area contributed by atoms with Crippen LogP contribution in [0.5, 0.6) is 0 Å². The molecule has 14 aromatic rings. The second-order valence-electron chi connectivity index (χ2n) is 18.4. The van der Waals surface area contributed by atoms with Gasteiger partial charge in [-0.15, -0.1) is 0 Å². The monoisotopic (exact) mass is 908 g/mol. The van der Waals surface area contributed by atoms with Gasteiger partial charge in [0.25, 0.3) is 0 Å². The van der Waals surface area contributed by atoms with E-state index in [4.69, 9.17) is 4.42 Å². The Kier molecular flexibility index (Phi) is 9.23. The molecule has 70 heavy (non-hydrogen) atoms. The predicted octanol–water partition coefficient (Wildman–Crippen LogP) is 14.5. The summed E-state index contributed by atoms with van der Waals surface area (Å²) in [6, 6.07) is 98.3. The molecule has 0 aliphatic heterocycles. The maximum absolute atomic E-state index is 6.58. The van der Waals surface area contributed by atoms with E-state index in [1.54, 1.807) is 0 Å². The quantitative estimate of drug-likeness (QED) is 0.110. The minimum absolute atomic E-state index is 0.904. The van der Waals surface area contributed by atoms with E-state index in [1.165, 1.54) is 64.5 Å². The topological polar surface area (TPSA) is 23.0 Å². The Morgan fingerprint density at radius 1 is 0.271 bits per heavy atom. The van der Waals surface area contributed by atoms with E-state index < -0.39 is 8.07 Å². The van der Waals surface area contributed by atoms with E-state index in [0.717, 1.165) is 55.5 Å². The number of fused-ring (bicyclic) bond motifs is 9. The fourth-order valence-corrected chi connectivity index (χ4v) is 16.4. The molecule has 0 atom stereocenters. The molecule has 0 radical (unpaired) electrons. The molecule has 0 spiro atoms. The number of hydrogen-bond donors (Lipinski definition) is 0. The molecule has 4 heteroatoms. The van der Waals surface area contributed by atoms with Crippen molar-refractivity contribution >= 4 is 94.4 Å². The average Bonchev–Trinajstić information content (AvgIpc) is 4.10. The van der Waals surface area contributed by atoms with E-state index in [9.17, 15) is 0 Å². The van der Waals surface area contributed by atoms with Gasteiger partial charge in [0.2, 0.25) is 0 Å². The van der Waals surface area contributed by atoms with Gasteiger partial charge in [-0.25, -0.2) is 0 Å². The van der Waals surface area contributed by atoms with Gasteiger partial charge in [0, 0.05) is 49.3 Å². The zero-order chi connectivity index (χ0) is 46.2. The molecule has 11 aromatic carbocycles. The van der Waals surface area contributed by atoms with Gasteiger partial charge in [-0.05, 0) is 104 Å². The minimum Gasteiger partial charge on any atom is -0.455 e. The maximum atomic E-state index is 6.58. The smallest absolute Gasteiger partial charge is 0.179 e. The second-order valence-corrected chi connectivity index (χ2v) is 22.2. The van der Waals surface area contributed by atoms with Gasteiger partial charge in [0.1, 0.15) is 11.2 Å². The van der Waals surface area contributed by atoms with Gasteiger partial charge in [-0.1, -0.05) is 200 Å². The molecule has 0 aliphatic carbocycles. The Labute approximate surface area is 406 Å². The van der Waals surface area contributed by atoms with Crippen LogP contribution in [-0.4, -0.2) is 17.2 Å². The average molecular weight is 909 g/mol. The van der Waals surface area contributed by atoms with E-state index in [2.05, 4.69) is 270 Å². The molecule has 0 fully saturated rings. The molecule has 3 nitrogen and oxygen atoms in total. The van der Waals surface area contributed by atoms with Gasteiger partial charge in [0.15, 0.2) is 8.07 Å². The van der Waals surface area contributed by atoms with Crippen LogP contribution in [0.25, 0.3) is 99.2 Å². The third-order valence-corrected chi connectivity index (χ3v) is 19.4. The van der Waals surface area contributed by atoms with Crippen molar-refractivity contribution in [2.75, 3.05) is 0 Å². The molecular weight excluding hydrogens is 865 g/mol. The fraction of sp³-hybridized carbons (Fsp3) is 0. The standard InChI is InChI=1S/C66H44N2OSi/c1-5-19-45(20-6-1)46-35-38-62-58(41-46)59-42-47(54-31-18-32-57-56-30-14-16-34-65(56)69-66(54)57)36-39-63(59)68(62)49-37-40-64-60(44-49)55-29-13-15-33-61(55)67(64)48-21-17-28-53(43-48)70(50-22-7-2-8-23-50,51-24-9-3-10-25-51)52-26-11-4-12-27-52/h1-44H. The van der Waals surface area contributed by atoms with Crippen LogP contribution in [0, 0.1) is 0 Å². The van der Waals surface area contributed by atoms with Gasteiger partial charge >= 0.3 is 0 Å². The van der Waals surface area contributed by atoms with Crippen molar-refractivity contribution < 1.29 is 4.42 Å². The zero-order valence-electron chi connectivity index (χ0n) is 38.2. The number of nitrogens with zero attached hydrogens (tertiary/aromatic N) is 2. The molecule has 3 heterocycles. The summed E-state index contributed by atoms with van der Waals surface area (Å²) in [6.07, 6.45) is 0. The summed E-state index contributed by atoms with van der Waals surface area (Å²) in [5, 5.41) is 12.5. The summed E-state index contributed by atoms with van der Waals surface area (Å²) in [4.78, 5) is 0. The normalized spacial score (nSPS) is 12.0. The highest BCUT2D eigenvalue weighted by Crippen LogP contribution is 2.42. The summed E-state index contributed by atoms with van der Waals surface area (Å²) in [5.41, 5.74) is 13.3. The SMILES string of the molecule is c1ccc(-c2ccc3c(c2)c2cc(-c4cccc5c4oc4ccccc45)ccc2n3-c2ccc3c(c2)c2ccccc2n3-c2cccc([Si](c3ccccc3)(c3ccccc3)c3ccccc3)c2)cc1. The Morgan fingerprint density at radius 3 is 1.41 bits per heavy atom. The lowest BCUT2D eigenvalue weighted by atomic mass is 9.99. The Bertz CT molecular complexity index is 4190. The third kappa shape index (κ3) is 6.13. The highest BCUT2D eigenvalue weighted by Gasteiger charge is 2.41. The van der Waals surface area contributed by atoms with Crippen molar-refractivity contribution in [2.45, 2.75) is 0 Å². The molecule has 0 unspecified atom stereocenters. The Hall–Kier alpha value is -8.96. The first-order valence-electron chi connectivity index (χ1n) is 24.1. The molecule has 0 aliphatic rings. The van der Waals surface area contributed by atoms with Crippen molar-refractivity contribution in [1.29, 1.82) is 0 Å². The van der Waals surface area contributed by atoms with Crippen molar-refractivity contribution in [3.63, 3.8) is 0 Å². The summed E-state index contributed by atoms with van der Waals surface area (Å²) in [6.45, 7) is 0. The molecule has 0 N–H and O–H groups in total. The molecule has 328 valence electrons. The van der Waals surface area contributed by atoms with Crippen LogP contribution in [0.4, 0.5) is 0 Å².